The number of carbonyl (C=O) groups is 4. The van der Waals surface area contributed by atoms with E-state index in [1.807, 2.05) is 0 Å². The Morgan fingerprint density at radius 2 is 1.45 bits per heavy atom. The monoisotopic (exact) mass is 563 g/mol. The van der Waals surface area contributed by atoms with Crippen molar-refractivity contribution in [2.75, 3.05) is 6.54 Å². The molecular formula is C29H42FN3O7. The Kier molecular flexibility index (Phi) is 12.1. The number of nitrogens with one attached hydrogen (secondary N) is 2. The number of carbonyl (C=O) groups excluding carboxylic acids is 4. The molecule has 0 bridgehead atoms. The summed E-state index contributed by atoms with van der Waals surface area (Å²) in [6, 6.07) is 3.95. The first-order valence-corrected chi connectivity index (χ1v) is 13.1. The molecule has 2 N–H and O–H groups in total. The van der Waals surface area contributed by atoms with Gasteiger partial charge in [-0.1, -0.05) is 0 Å². The van der Waals surface area contributed by atoms with Gasteiger partial charge >= 0.3 is 18.0 Å². The summed E-state index contributed by atoms with van der Waals surface area (Å²) in [7, 11) is 0. The van der Waals surface area contributed by atoms with Crippen LogP contribution in [0.2, 0.25) is 0 Å². The van der Waals surface area contributed by atoms with Crippen LogP contribution in [0.4, 0.5) is 9.18 Å². The molecule has 0 aliphatic heterocycles. The van der Waals surface area contributed by atoms with Gasteiger partial charge < -0.3 is 24.8 Å². The van der Waals surface area contributed by atoms with Gasteiger partial charge in [0.2, 0.25) is 0 Å². The van der Waals surface area contributed by atoms with Crippen molar-refractivity contribution in [3.05, 3.63) is 35.1 Å². The molecule has 0 heterocycles. The van der Waals surface area contributed by atoms with Crippen molar-refractivity contribution in [3.8, 4) is 6.07 Å². The second-order valence-corrected chi connectivity index (χ2v) is 12.4. The van der Waals surface area contributed by atoms with Crippen LogP contribution in [0.5, 0.6) is 0 Å². The van der Waals surface area contributed by atoms with Gasteiger partial charge in [0.05, 0.1) is 11.5 Å². The number of esters is 2. The second-order valence-electron chi connectivity index (χ2n) is 12.4. The summed E-state index contributed by atoms with van der Waals surface area (Å²) in [6.45, 7) is 15.4. The predicted octanol–water partition coefficient (Wildman–Crippen LogP) is 4.79. The molecule has 0 saturated carbocycles. The van der Waals surface area contributed by atoms with Crippen molar-refractivity contribution in [3.63, 3.8) is 0 Å². The lowest BCUT2D eigenvalue weighted by Crippen LogP contribution is -2.47. The molecule has 40 heavy (non-hydrogen) atoms. The number of nitrogens with zero attached hydrogens (tertiary/aromatic N) is 1. The zero-order valence-electron chi connectivity index (χ0n) is 24.9. The maximum absolute atomic E-state index is 13.6. The fourth-order valence-electron chi connectivity index (χ4n) is 3.44. The number of hydrogen-bond donors (Lipinski definition) is 2. The van der Waals surface area contributed by atoms with E-state index in [-0.39, 0.29) is 30.5 Å². The van der Waals surface area contributed by atoms with E-state index in [1.54, 1.807) is 68.4 Å². The van der Waals surface area contributed by atoms with E-state index in [0.29, 0.717) is 6.42 Å². The third-order valence-corrected chi connectivity index (χ3v) is 5.01. The molecule has 222 valence electrons. The topological polar surface area (TPSA) is 144 Å². The minimum Gasteiger partial charge on any atom is -0.460 e. The fourth-order valence-corrected chi connectivity index (χ4v) is 3.44. The number of ether oxygens (including phenoxy) is 3. The van der Waals surface area contributed by atoms with E-state index in [2.05, 4.69) is 10.6 Å². The molecule has 10 nitrogen and oxygen atoms in total. The van der Waals surface area contributed by atoms with Crippen LogP contribution in [0.3, 0.4) is 0 Å². The maximum Gasteiger partial charge on any atom is 0.408 e. The number of rotatable bonds is 10. The van der Waals surface area contributed by atoms with E-state index >= 15 is 0 Å². The molecule has 0 aromatic heterocycles. The van der Waals surface area contributed by atoms with Gasteiger partial charge in [-0.05, 0) is 99.8 Å². The number of hydrogen-bond acceptors (Lipinski definition) is 8. The smallest absolute Gasteiger partial charge is 0.408 e. The lowest BCUT2D eigenvalue weighted by Gasteiger charge is -2.29. The van der Waals surface area contributed by atoms with Crippen molar-refractivity contribution in [2.45, 2.75) is 104 Å². The Bertz CT molecular complexity index is 1110. The highest BCUT2D eigenvalue weighted by Crippen LogP contribution is 2.22. The normalized spacial score (nSPS) is 13.3. The highest BCUT2D eigenvalue weighted by molar-refractivity contribution is 5.94. The molecule has 11 heteroatoms. The number of nitriles is 1. The molecule has 1 aromatic rings. The van der Waals surface area contributed by atoms with E-state index in [1.165, 1.54) is 6.07 Å². The largest absolute Gasteiger partial charge is 0.460 e. The quantitative estimate of drug-likeness (QED) is 0.235. The van der Waals surface area contributed by atoms with Crippen LogP contribution >= 0.6 is 0 Å². The van der Waals surface area contributed by atoms with Crippen molar-refractivity contribution in [1.29, 1.82) is 5.26 Å². The number of halogens is 1. The summed E-state index contributed by atoms with van der Waals surface area (Å²) in [5, 5.41) is 14.2. The summed E-state index contributed by atoms with van der Waals surface area (Å²) in [4.78, 5) is 51.1. The van der Waals surface area contributed by atoms with Gasteiger partial charge in [0.1, 0.15) is 34.7 Å². The standard InChI is InChI=1S/C29H42FN3O7/c1-27(2,3)38-24(35)19(11-10-14-32-23(34)18-12-13-21(30)20(15-18)17-31)16-22(25(36)39-28(4,5)6)33-26(37)40-29(7,8)9/h12-13,15,19,22H,10-11,14,16H2,1-9H3,(H,32,34)(H,33,37)/t19-,22-/m0/s1. The Hall–Kier alpha value is -3.68. The summed E-state index contributed by atoms with van der Waals surface area (Å²) < 4.78 is 29.9. The molecule has 1 rings (SSSR count). The summed E-state index contributed by atoms with van der Waals surface area (Å²) in [5.74, 6) is -3.37. The molecule has 0 aliphatic carbocycles. The number of benzene rings is 1. The van der Waals surface area contributed by atoms with E-state index in [9.17, 15) is 23.6 Å². The summed E-state index contributed by atoms with van der Waals surface area (Å²) in [5.41, 5.74) is -2.59. The predicted molar refractivity (Wildman–Crippen MR) is 146 cm³/mol. The van der Waals surface area contributed by atoms with Gasteiger partial charge in [-0.15, -0.1) is 0 Å². The molecule has 0 saturated heterocycles. The Morgan fingerprint density at radius 1 is 0.900 bits per heavy atom. The first kappa shape index (κ1) is 34.3. The van der Waals surface area contributed by atoms with Crippen LogP contribution in [-0.4, -0.2) is 53.3 Å². The Labute approximate surface area is 235 Å². The van der Waals surface area contributed by atoms with Crippen molar-refractivity contribution < 1.29 is 37.8 Å². The lowest BCUT2D eigenvalue weighted by atomic mass is 9.94. The average Bonchev–Trinajstić information content (AvgIpc) is 2.76. The zero-order chi connectivity index (χ0) is 30.9. The van der Waals surface area contributed by atoms with Crippen molar-refractivity contribution in [1.82, 2.24) is 10.6 Å². The molecule has 1 aromatic carbocycles. The Balaban J connectivity index is 3.04. The van der Waals surface area contributed by atoms with Gasteiger partial charge in [-0.25, -0.2) is 14.0 Å². The third-order valence-electron chi connectivity index (χ3n) is 5.01. The fraction of sp³-hybridized carbons (Fsp3) is 0.621. The molecule has 0 radical (unpaired) electrons. The third kappa shape index (κ3) is 13.4. The first-order chi connectivity index (χ1) is 18.2. The van der Waals surface area contributed by atoms with Crippen LogP contribution in [0.25, 0.3) is 0 Å². The van der Waals surface area contributed by atoms with E-state index in [4.69, 9.17) is 19.5 Å². The van der Waals surface area contributed by atoms with Crippen LogP contribution in [0.1, 0.15) is 97.5 Å². The summed E-state index contributed by atoms with van der Waals surface area (Å²) in [6.07, 6.45) is -0.442. The van der Waals surface area contributed by atoms with Gasteiger partial charge in [-0.3, -0.25) is 9.59 Å². The maximum atomic E-state index is 13.6. The average molecular weight is 564 g/mol. The molecular weight excluding hydrogens is 521 g/mol. The molecule has 0 spiro atoms. The molecule has 2 atom stereocenters. The highest BCUT2D eigenvalue weighted by Gasteiger charge is 2.34. The van der Waals surface area contributed by atoms with Crippen LogP contribution < -0.4 is 10.6 Å². The van der Waals surface area contributed by atoms with Crippen molar-refractivity contribution in [2.24, 2.45) is 5.92 Å². The van der Waals surface area contributed by atoms with E-state index in [0.717, 1.165) is 12.1 Å². The van der Waals surface area contributed by atoms with Gasteiger partial charge in [-0.2, -0.15) is 5.26 Å². The minimum atomic E-state index is -1.20. The van der Waals surface area contributed by atoms with Crippen LogP contribution in [-0.2, 0) is 23.8 Å². The number of alkyl carbamates (subject to hydrolysis) is 1. The second kappa shape index (κ2) is 14.1. The SMILES string of the molecule is CC(C)(C)OC(=O)N[C@@H](C[C@H](CCCNC(=O)c1ccc(F)c(C#N)c1)C(=O)OC(C)(C)C)C(=O)OC(C)(C)C. The van der Waals surface area contributed by atoms with Crippen LogP contribution in [0, 0.1) is 23.1 Å². The zero-order valence-corrected chi connectivity index (χ0v) is 24.9. The van der Waals surface area contributed by atoms with E-state index < -0.39 is 58.5 Å². The Morgan fingerprint density at radius 3 is 1.98 bits per heavy atom. The molecule has 0 aliphatic rings. The molecule has 0 fully saturated rings. The van der Waals surface area contributed by atoms with Gasteiger partial charge in [0.25, 0.3) is 5.91 Å². The van der Waals surface area contributed by atoms with Gasteiger partial charge in [0.15, 0.2) is 0 Å². The molecule has 2 amide bonds. The molecule has 0 unspecified atom stereocenters. The first-order valence-electron chi connectivity index (χ1n) is 13.1. The number of amides is 2. The summed E-state index contributed by atoms with van der Waals surface area (Å²) >= 11 is 0. The minimum absolute atomic E-state index is 0.119. The highest BCUT2D eigenvalue weighted by atomic mass is 19.1. The lowest BCUT2D eigenvalue weighted by molar-refractivity contribution is -0.163. The van der Waals surface area contributed by atoms with Crippen LogP contribution in [0.15, 0.2) is 18.2 Å². The van der Waals surface area contributed by atoms with Gasteiger partial charge in [0, 0.05) is 12.1 Å². The van der Waals surface area contributed by atoms with Crippen molar-refractivity contribution >= 4 is 23.9 Å².